The van der Waals surface area contributed by atoms with Gasteiger partial charge in [0, 0.05) is 16.1 Å². The molecule has 0 spiro atoms. The molecule has 5 heteroatoms. The molecule has 0 bridgehead atoms. The van der Waals surface area contributed by atoms with E-state index in [1.165, 1.54) is 6.07 Å². The van der Waals surface area contributed by atoms with E-state index in [-0.39, 0.29) is 12.2 Å². The maximum absolute atomic E-state index is 10.5. The van der Waals surface area contributed by atoms with Gasteiger partial charge in [-0.3, -0.25) is 4.79 Å². The Morgan fingerprint density at radius 2 is 2.20 bits per heavy atom. The second kappa shape index (κ2) is 4.63. The molecule has 15 heavy (non-hydrogen) atoms. The highest BCUT2D eigenvalue weighted by molar-refractivity contribution is 9.10. The Hall–Kier alpha value is -1.07. The van der Waals surface area contributed by atoms with Gasteiger partial charge in [0.15, 0.2) is 0 Å². The van der Waals surface area contributed by atoms with Crippen molar-refractivity contribution >= 4 is 21.9 Å². The summed E-state index contributed by atoms with van der Waals surface area (Å²) in [5.41, 5.74) is 7.04. The molecule has 0 aromatic heterocycles. The molecule has 1 unspecified atom stereocenters. The second-order valence-electron chi connectivity index (χ2n) is 3.33. The highest BCUT2D eigenvalue weighted by Crippen LogP contribution is 2.34. The number of carboxylic acid groups (broad SMARTS) is 1. The minimum Gasteiger partial charge on any atom is -0.508 e. The molecule has 0 saturated carbocycles. The van der Waals surface area contributed by atoms with E-state index in [1.54, 1.807) is 6.07 Å². The van der Waals surface area contributed by atoms with Gasteiger partial charge >= 0.3 is 5.97 Å². The van der Waals surface area contributed by atoms with Crippen molar-refractivity contribution in [3.8, 4) is 5.75 Å². The zero-order valence-corrected chi connectivity index (χ0v) is 9.78. The average Bonchev–Trinajstić information content (AvgIpc) is 2.11. The van der Waals surface area contributed by atoms with Crippen LogP contribution in [0.4, 0.5) is 0 Å². The standard InChI is InChI=1S/C10H12BrNO3/c1-5-2-3-7(13)9(10(5)11)6(12)4-8(14)15/h2-3,6,13H,4,12H2,1H3,(H,14,15). The molecule has 0 heterocycles. The highest BCUT2D eigenvalue weighted by Gasteiger charge is 2.18. The number of hydrogen-bond acceptors (Lipinski definition) is 3. The average molecular weight is 274 g/mol. The molecular weight excluding hydrogens is 262 g/mol. The number of rotatable bonds is 3. The third-order valence-electron chi connectivity index (χ3n) is 2.12. The molecule has 82 valence electrons. The summed E-state index contributed by atoms with van der Waals surface area (Å²) in [6.45, 7) is 1.85. The van der Waals surface area contributed by atoms with Gasteiger partial charge in [0.2, 0.25) is 0 Å². The minimum atomic E-state index is -0.990. The van der Waals surface area contributed by atoms with Gasteiger partial charge in [-0.15, -0.1) is 0 Å². The first-order valence-electron chi connectivity index (χ1n) is 4.38. The quantitative estimate of drug-likeness (QED) is 0.786. The van der Waals surface area contributed by atoms with E-state index < -0.39 is 12.0 Å². The summed E-state index contributed by atoms with van der Waals surface area (Å²) in [7, 11) is 0. The van der Waals surface area contributed by atoms with E-state index in [2.05, 4.69) is 15.9 Å². The Balaban J connectivity index is 3.12. The lowest BCUT2D eigenvalue weighted by Gasteiger charge is -2.15. The summed E-state index contributed by atoms with van der Waals surface area (Å²) < 4.78 is 0.663. The zero-order chi connectivity index (χ0) is 11.6. The normalized spacial score (nSPS) is 12.5. The van der Waals surface area contributed by atoms with Gasteiger partial charge in [0.1, 0.15) is 5.75 Å². The number of aromatic hydroxyl groups is 1. The fourth-order valence-electron chi connectivity index (χ4n) is 1.33. The summed E-state index contributed by atoms with van der Waals surface area (Å²) >= 11 is 3.29. The van der Waals surface area contributed by atoms with Crippen LogP contribution in [0.25, 0.3) is 0 Å². The van der Waals surface area contributed by atoms with Crippen molar-refractivity contribution in [1.82, 2.24) is 0 Å². The molecule has 1 aromatic rings. The second-order valence-corrected chi connectivity index (χ2v) is 4.13. The number of aryl methyl sites for hydroxylation is 1. The Kier molecular flexibility index (Phi) is 3.71. The summed E-state index contributed by atoms with van der Waals surface area (Å²) in [5.74, 6) is -0.975. The predicted molar refractivity (Wildman–Crippen MR) is 59.7 cm³/mol. The summed E-state index contributed by atoms with van der Waals surface area (Å²) in [5, 5.41) is 18.2. The van der Waals surface area contributed by atoms with Gasteiger partial charge in [0.05, 0.1) is 6.42 Å². The van der Waals surface area contributed by atoms with Crippen LogP contribution in [-0.4, -0.2) is 16.2 Å². The molecular formula is C10H12BrNO3. The lowest BCUT2D eigenvalue weighted by molar-refractivity contribution is -0.137. The molecule has 0 amide bonds. The molecule has 4 N–H and O–H groups in total. The van der Waals surface area contributed by atoms with Gasteiger partial charge in [-0.05, 0) is 18.6 Å². The van der Waals surface area contributed by atoms with Crippen LogP contribution >= 0.6 is 15.9 Å². The number of phenols is 1. The van der Waals surface area contributed by atoms with Crippen LogP contribution in [0.3, 0.4) is 0 Å². The Morgan fingerprint density at radius 3 is 2.73 bits per heavy atom. The molecule has 4 nitrogen and oxygen atoms in total. The van der Waals surface area contributed by atoms with E-state index >= 15 is 0 Å². The van der Waals surface area contributed by atoms with Crippen LogP contribution in [0.15, 0.2) is 16.6 Å². The van der Waals surface area contributed by atoms with Gasteiger partial charge in [-0.1, -0.05) is 22.0 Å². The van der Waals surface area contributed by atoms with Crippen molar-refractivity contribution in [2.24, 2.45) is 5.73 Å². The molecule has 1 atom stereocenters. The van der Waals surface area contributed by atoms with Crippen LogP contribution in [0.5, 0.6) is 5.75 Å². The van der Waals surface area contributed by atoms with E-state index in [0.717, 1.165) is 5.56 Å². The highest BCUT2D eigenvalue weighted by atomic mass is 79.9. The number of halogens is 1. The smallest absolute Gasteiger partial charge is 0.305 e. The Bertz CT molecular complexity index is 392. The zero-order valence-electron chi connectivity index (χ0n) is 8.20. The van der Waals surface area contributed by atoms with Crippen molar-refractivity contribution in [3.05, 3.63) is 27.7 Å². The number of hydrogen-bond donors (Lipinski definition) is 3. The maximum atomic E-state index is 10.5. The number of phenolic OH excluding ortho intramolecular Hbond substituents is 1. The molecule has 0 aliphatic rings. The number of nitrogens with two attached hydrogens (primary N) is 1. The predicted octanol–water partition coefficient (Wildman–Crippen LogP) is 1.94. The molecule has 0 fully saturated rings. The molecule has 0 aliphatic carbocycles. The van der Waals surface area contributed by atoms with Crippen molar-refractivity contribution in [1.29, 1.82) is 0 Å². The van der Waals surface area contributed by atoms with Crippen LogP contribution < -0.4 is 5.73 Å². The first kappa shape index (κ1) is 12.0. The van der Waals surface area contributed by atoms with E-state index in [4.69, 9.17) is 10.8 Å². The maximum Gasteiger partial charge on any atom is 0.305 e. The van der Waals surface area contributed by atoms with Crippen molar-refractivity contribution in [2.45, 2.75) is 19.4 Å². The number of carbonyl (C=O) groups is 1. The van der Waals surface area contributed by atoms with Crippen LogP contribution in [-0.2, 0) is 4.79 Å². The van der Waals surface area contributed by atoms with E-state index in [1.807, 2.05) is 6.92 Å². The molecule has 1 rings (SSSR count). The van der Waals surface area contributed by atoms with Crippen molar-refractivity contribution in [3.63, 3.8) is 0 Å². The van der Waals surface area contributed by atoms with E-state index in [9.17, 15) is 9.90 Å². The minimum absolute atomic E-state index is 0.0150. The van der Waals surface area contributed by atoms with Crippen molar-refractivity contribution < 1.29 is 15.0 Å². The Morgan fingerprint density at radius 1 is 1.60 bits per heavy atom. The lowest BCUT2D eigenvalue weighted by atomic mass is 10.0. The summed E-state index contributed by atoms with van der Waals surface area (Å²) in [6.07, 6.45) is -0.213. The molecule has 1 aromatic carbocycles. The fraction of sp³-hybridized carbons (Fsp3) is 0.300. The summed E-state index contributed by atoms with van der Waals surface area (Å²) in [4.78, 5) is 10.5. The Labute approximate surface area is 95.8 Å². The number of benzene rings is 1. The van der Waals surface area contributed by atoms with Gasteiger partial charge in [-0.25, -0.2) is 0 Å². The van der Waals surface area contributed by atoms with Crippen LogP contribution in [0.2, 0.25) is 0 Å². The summed E-state index contributed by atoms with van der Waals surface area (Å²) in [6, 6.07) is 2.53. The number of aliphatic carboxylic acids is 1. The molecule has 0 saturated heterocycles. The first-order valence-corrected chi connectivity index (χ1v) is 5.18. The van der Waals surface area contributed by atoms with Gasteiger partial charge < -0.3 is 15.9 Å². The largest absolute Gasteiger partial charge is 0.508 e. The van der Waals surface area contributed by atoms with Crippen molar-refractivity contribution in [2.75, 3.05) is 0 Å². The molecule has 0 aliphatic heterocycles. The topological polar surface area (TPSA) is 83.5 Å². The third-order valence-corrected chi connectivity index (χ3v) is 3.17. The molecule has 0 radical (unpaired) electrons. The third kappa shape index (κ3) is 2.70. The van der Waals surface area contributed by atoms with Gasteiger partial charge in [0.25, 0.3) is 0 Å². The SMILES string of the molecule is Cc1ccc(O)c(C(N)CC(=O)O)c1Br. The fourth-order valence-corrected chi connectivity index (χ4v) is 1.96. The lowest BCUT2D eigenvalue weighted by Crippen LogP contribution is -2.16. The van der Waals surface area contributed by atoms with E-state index in [0.29, 0.717) is 10.0 Å². The first-order chi connectivity index (χ1) is 6.93. The van der Waals surface area contributed by atoms with Crippen LogP contribution in [0, 0.1) is 6.92 Å². The van der Waals surface area contributed by atoms with Crippen LogP contribution in [0.1, 0.15) is 23.6 Å². The van der Waals surface area contributed by atoms with Gasteiger partial charge in [-0.2, -0.15) is 0 Å². The number of carboxylic acids is 1. The monoisotopic (exact) mass is 273 g/mol.